The Morgan fingerprint density at radius 2 is 2.11 bits per heavy atom. The van der Waals surface area contributed by atoms with Gasteiger partial charge >= 0.3 is 0 Å². The van der Waals surface area contributed by atoms with Crippen molar-refractivity contribution in [1.29, 1.82) is 0 Å². The standard InChI is InChI=1S/C20H28N6O2/c1-24(18-8-4-6-16-5-2-3-7-17(16)18)20(27)9-10-26-19(21-22-23-26)15-25-11-13-28-14-12-25/h2-3,5,7,18H,4,6,8-15H2,1H3/t18-/m1/s1. The van der Waals surface area contributed by atoms with E-state index in [1.165, 1.54) is 11.1 Å². The highest BCUT2D eigenvalue weighted by Crippen LogP contribution is 2.33. The fourth-order valence-corrected chi connectivity index (χ4v) is 4.15. The lowest BCUT2D eigenvalue weighted by Crippen LogP contribution is -2.36. The Balaban J connectivity index is 1.35. The fourth-order valence-electron chi connectivity index (χ4n) is 4.15. The van der Waals surface area contributed by atoms with Gasteiger partial charge < -0.3 is 9.64 Å². The third-order valence-electron chi connectivity index (χ3n) is 5.81. The third-order valence-corrected chi connectivity index (χ3v) is 5.81. The van der Waals surface area contributed by atoms with Crippen LogP contribution >= 0.6 is 0 Å². The van der Waals surface area contributed by atoms with Crippen molar-refractivity contribution in [3.63, 3.8) is 0 Å². The molecule has 2 aromatic rings. The van der Waals surface area contributed by atoms with E-state index in [1.54, 1.807) is 4.68 Å². The Hall–Kier alpha value is -2.32. The number of benzene rings is 1. The van der Waals surface area contributed by atoms with E-state index in [4.69, 9.17) is 4.74 Å². The van der Waals surface area contributed by atoms with Crippen molar-refractivity contribution in [3.8, 4) is 0 Å². The summed E-state index contributed by atoms with van der Waals surface area (Å²) in [4.78, 5) is 17.0. The zero-order valence-electron chi connectivity index (χ0n) is 16.5. The second-order valence-corrected chi connectivity index (χ2v) is 7.57. The van der Waals surface area contributed by atoms with Crippen LogP contribution in [0.3, 0.4) is 0 Å². The van der Waals surface area contributed by atoms with E-state index in [2.05, 4.69) is 44.7 Å². The van der Waals surface area contributed by atoms with E-state index in [-0.39, 0.29) is 11.9 Å². The first-order chi connectivity index (χ1) is 13.7. The Morgan fingerprint density at radius 3 is 2.96 bits per heavy atom. The zero-order chi connectivity index (χ0) is 19.3. The maximum Gasteiger partial charge on any atom is 0.224 e. The molecule has 1 aliphatic heterocycles. The first-order valence-corrected chi connectivity index (χ1v) is 10.1. The van der Waals surface area contributed by atoms with Crippen LogP contribution < -0.4 is 0 Å². The van der Waals surface area contributed by atoms with Gasteiger partial charge in [0.05, 0.1) is 32.3 Å². The highest BCUT2D eigenvalue weighted by atomic mass is 16.5. The van der Waals surface area contributed by atoms with Gasteiger partial charge in [0, 0.05) is 26.6 Å². The average molecular weight is 384 g/mol. The van der Waals surface area contributed by atoms with Gasteiger partial charge in [0.25, 0.3) is 0 Å². The molecule has 0 unspecified atom stereocenters. The number of aromatic nitrogens is 4. The number of ether oxygens (including phenoxy) is 1. The Morgan fingerprint density at radius 1 is 1.29 bits per heavy atom. The summed E-state index contributed by atoms with van der Waals surface area (Å²) in [6.07, 6.45) is 3.64. The lowest BCUT2D eigenvalue weighted by atomic mass is 9.87. The van der Waals surface area contributed by atoms with Crippen LogP contribution in [0.5, 0.6) is 0 Å². The van der Waals surface area contributed by atoms with E-state index in [0.717, 1.165) is 51.4 Å². The van der Waals surface area contributed by atoms with Gasteiger partial charge in [0.1, 0.15) is 0 Å². The van der Waals surface area contributed by atoms with Gasteiger partial charge in [0.15, 0.2) is 5.82 Å². The van der Waals surface area contributed by atoms with E-state index < -0.39 is 0 Å². The maximum absolute atomic E-state index is 12.9. The highest BCUT2D eigenvalue weighted by Gasteiger charge is 2.26. The van der Waals surface area contributed by atoms with Gasteiger partial charge in [-0.1, -0.05) is 24.3 Å². The van der Waals surface area contributed by atoms with Crippen LogP contribution in [0.25, 0.3) is 0 Å². The monoisotopic (exact) mass is 384 g/mol. The third kappa shape index (κ3) is 4.23. The number of carbonyl (C=O) groups excluding carboxylic acids is 1. The van der Waals surface area contributed by atoms with Crippen molar-refractivity contribution in [3.05, 3.63) is 41.2 Å². The molecule has 0 saturated carbocycles. The number of fused-ring (bicyclic) bond motifs is 1. The van der Waals surface area contributed by atoms with Crippen LogP contribution in [0.15, 0.2) is 24.3 Å². The number of hydrogen-bond donors (Lipinski definition) is 0. The Kier molecular flexibility index (Phi) is 5.97. The van der Waals surface area contributed by atoms with E-state index in [9.17, 15) is 4.79 Å². The molecule has 1 aromatic heterocycles. The molecule has 1 amide bonds. The summed E-state index contributed by atoms with van der Waals surface area (Å²) in [6, 6.07) is 8.65. The number of carbonyl (C=O) groups is 1. The molecule has 1 atom stereocenters. The molecule has 8 heteroatoms. The molecule has 1 fully saturated rings. The molecule has 0 bridgehead atoms. The van der Waals surface area contributed by atoms with Crippen molar-refractivity contribution in [1.82, 2.24) is 30.0 Å². The smallest absolute Gasteiger partial charge is 0.224 e. The predicted octanol–water partition coefficient (Wildman–Crippen LogP) is 1.43. The first kappa shape index (κ1) is 19.0. The largest absolute Gasteiger partial charge is 0.379 e. The number of hydrogen-bond acceptors (Lipinski definition) is 6. The first-order valence-electron chi connectivity index (χ1n) is 10.1. The SMILES string of the molecule is CN(C(=O)CCn1nnnc1CN1CCOCC1)[C@@H]1CCCc2ccccc21. The minimum atomic E-state index is 0.134. The normalized spacial score (nSPS) is 20.0. The van der Waals surface area contributed by atoms with E-state index in [0.29, 0.717) is 19.5 Å². The predicted molar refractivity (Wildman–Crippen MR) is 103 cm³/mol. The highest BCUT2D eigenvalue weighted by molar-refractivity contribution is 5.76. The van der Waals surface area contributed by atoms with Crippen LogP contribution in [-0.2, 0) is 29.0 Å². The molecule has 1 aromatic carbocycles. The average Bonchev–Trinajstić information content (AvgIpc) is 3.18. The summed E-state index contributed by atoms with van der Waals surface area (Å²) in [5.74, 6) is 0.940. The molecule has 1 saturated heterocycles. The summed E-state index contributed by atoms with van der Waals surface area (Å²) >= 11 is 0. The molecule has 150 valence electrons. The molecular formula is C20H28N6O2. The second-order valence-electron chi connectivity index (χ2n) is 7.57. The number of nitrogens with zero attached hydrogens (tertiary/aromatic N) is 6. The lowest BCUT2D eigenvalue weighted by molar-refractivity contribution is -0.132. The van der Waals surface area contributed by atoms with Crippen molar-refractivity contribution >= 4 is 5.91 Å². The molecule has 2 aliphatic rings. The molecular weight excluding hydrogens is 356 g/mol. The van der Waals surface area contributed by atoms with Crippen LogP contribution in [0.1, 0.15) is 42.3 Å². The number of morpholine rings is 1. The molecule has 0 spiro atoms. The van der Waals surface area contributed by atoms with Gasteiger partial charge in [-0.25, -0.2) is 4.68 Å². The summed E-state index contributed by atoms with van der Waals surface area (Å²) in [7, 11) is 1.92. The minimum Gasteiger partial charge on any atom is -0.379 e. The van der Waals surface area contributed by atoms with E-state index >= 15 is 0 Å². The van der Waals surface area contributed by atoms with Crippen LogP contribution in [0.4, 0.5) is 0 Å². The number of rotatable bonds is 6. The molecule has 4 rings (SSSR count). The molecule has 0 radical (unpaired) electrons. The number of aryl methyl sites for hydroxylation is 2. The molecule has 28 heavy (non-hydrogen) atoms. The summed E-state index contributed by atoms with van der Waals surface area (Å²) in [5, 5.41) is 12.0. The summed E-state index contributed by atoms with van der Waals surface area (Å²) < 4.78 is 7.15. The van der Waals surface area contributed by atoms with Crippen LogP contribution in [0, 0.1) is 0 Å². The summed E-state index contributed by atoms with van der Waals surface area (Å²) in [5.41, 5.74) is 2.66. The maximum atomic E-state index is 12.9. The van der Waals surface area contributed by atoms with Crippen LogP contribution in [-0.4, -0.2) is 69.3 Å². The molecule has 0 N–H and O–H groups in total. The molecule has 2 heterocycles. The zero-order valence-corrected chi connectivity index (χ0v) is 16.5. The van der Waals surface area contributed by atoms with Gasteiger partial charge in [-0.05, 0) is 40.8 Å². The van der Waals surface area contributed by atoms with E-state index in [1.807, 2.05) is 11.9 Å². The lowest BCUT2D eigenvalue weighted by Gasteiger charge is -2.33. The fraction of sp³-hybridized carbons (Fsp3) is 0.600. The van der Waals surface area contributed by atoms with Gasteiger partial charge in [-0.3, -0.25) is 9.69 Å². The summed E-state index contributed by atoms with van der Waals surface area (Å²) in [6.45, 7) is 4.45. The second kappa shape index (κ2) is 8.79. The number of amides is 1. The molecule has 8 nitrogen and oxygen atoms in total. The van der Waals surface area contributed by atoms with Crippen LogP contribution in [0.2, 0.25) is 0 Å². The quantitative estimate of drug-likeness (QED) is 0.750. The van der Waals surface area contributed by atoms with Gasteiger partial charge in [0.2, 0.25) is 5.91 Å². The topological polar surface area (TPSA) is 76.4 Å². The van der Waals surface area contributed by atoms with Gasteiger partial charge in [-0.15, -0.1) is 5.10 Å². The Bertz CT molecular complexity index is 801. The number of tetrazole rings is 1. The van der Waals surface area contributed by atoms with Crippen molar-refractivity contribution in [2.24, 2.45) is 0 Å². The van der Waals surface area contributed by atoms with Crippen molar-refractivity contribution in [2.45, 2.75) is 44.8 Å². The van der Waals surface area contributed by atoms with Gasteiger partial charge in [-0.2, -0.15) is 0 Å². The minimum absolute atomic E-state index is 0.134. The van der Waals surface area contributed by atoms with Crippen molar-refractivity contribution < 1.29 is 9.53 Å². The Labute approximate surface area is 165 Å². The molecule has 1 aliphatic carbocycles. The van der Waals surface area contributed by atoms with Crippen molar-refractivity contribution in [2.75, 3.05) is 33.4 Å².